The molecule has 136 heavy (non-hydrogen) atoms. The number of unbranched alkanes of at least 4 members (excludes halogenated alkanes) is 62. The lowest BCUT2D eigenvalue weighted by Gasteiger charge is -2.09. The molecule has 0 unspecified atom stereocenters. The van der Waals surface area contributed by atoms with E-state index in [2.05, 4.69) is 91.5 Å². The summed E-state index contributed by atoms with van der Waals surface area (Å²) in [6.45, 7) is 19.4. The summed E-state index contributed by atoms with van der Waals surface area (Å²) in [5, 5.41) is 0. The lowest BCUT2D eigenvalue weighted by molar-refractivity contribution is -0.129. The van der Waals surface area contributed by atoms with Crippen LogP contribution in [0.25, 0.3) is 0 Å². The number of nitrogens with zero attached hydrogens (tertiary/aromatic N) is 8. The van der Waals surface area contributed by atoms with Crippen molar-refractivity contribution < 1.29 is 38.4 Å². The average molecular weight is 1920 g/mol. The van der Waals surface area contributed by atoms with Crippen molar-refractivity contribution in [3.63, 3.8) is 0 Å². The van der Waals surface area contributed by atoms with Crippen LogP contribution in [0.4, 0.5) is 0 Å². The molecule has 0 fully saturated rings. The van der Waals surface area contributed by atoms with Crippen LogP contribution in [-0.4, -0.2) is 199 Å². The Morgan fingerprint density at radius 1 is 0.147 bits per heavy atom. The first-order valence-electron chi connectivity index (χ1n) is 57.6. The molecule has 16 heteroatoms. The Balaban J connectivity index is -0.000000230. The summed E-state index contributed by atoms with van der Waals surface area (Å²) < 4.78 is 0. The highest BCUT2D eigenvalue weighted by Crippen LogP contribution is 2.19. The van der Waals surface area contributed by atoms with Gasteiger partial charge in [-0.3, -0.25) is 38.4 Å². The van der Waals surface area contributed by atoms with Gasteiger partial charge in [0.2, 0.25) is 47.3 Å². The molecule has 0 N–H and O–H groups in total. The molecule has 0 rings (SSSR count). The summed E-state index contributed by atoms with van der Waals surface area (Å²) in [6.07, 6.45) is 115. The average Bonchev–Trinajstić information content (AvgIpc) is 1.04. The molecule has 0 spiro atoms. The van der Waals surface area contributed by atoms with E-state index in [-0.39, 0.29) is 47.3 Å². The molecule has 0 saturated carbocycles. The van der Waals surface area contributed by atoms with Gasteiger partial charge >= 0.3 is 0 Å². The summed E-state index contributed by atoms with van der Waals surface area (Å²) in [7, 11) is 29.2. The van der Waals surface area contributed by atoms with Crippen LogP contribution in [0.15, 0.2) is 49.1 Å². The Hall–Kier alpha value is -5.28. The lowest BCUT2D eigenvalue weighted by Crippen LogP contribution is -2.20. The van der Waals surface area contributed by atoms with Crippen molar-refractivity contribution in [2.45, 2.75) is 569 Å². The molecule has 808 valence electrons. The van der Waals surface area contributed by atoms with Crippen molar-refractivity contribution >= 4 is 47.3 Å². The van der Waals surface area contributed by atoms with Crippen molar-refractivity contribution in [3.05, 3.63) is 49.1 Å². The predicted octanol–water partition coefficient (Wildman–Crippen LogP) is 34.2. The molecular weight excluding hydrogens is 1680 g/mol. The number of hydrogen-bond donors (Lipinski definition) is 0. The van der Waals surface area contributed by atoms with Crippen molar-refractivity contribution in [1.82, 2.24) is 39.2 Å². The molecule has 0 heterocycles. The van der Waals surface area contributed by atoms with E-state index in [9.17, 15) is 38.4 Å². The zero-order chi connectivity index (χ0) is 103. The normalized spacial score (nSPS) is 10.7. The summed E-state index contributed by atoms with van der Waals surface area (Å²) in [5.74, 6) is 2.09. The summed E-state index contributed by atoms with van der Waals surface area (Å²) >= 11 is 0. The maximum absolute atomic E-state index is 11.4. The van der Waals surface area contributed by atoms with Gasteiger partial charge in [0.15, 0.2) is 0 Å². The molecule has 0 radical (unpaired) electrons. The fraction of sp³-hybridized carbons (Fsp3) is 0.867. The Kier molecular flexibility index (Phi) is 135. The third kappa shape index (κ3) is 139. The van der Waals surface area contributed by atoms with E-state index in [4.69, 9.17) is 0 Å². The highest BCUT2D eigenvalue weighted by molar-refractivity contribution is 5.78. The molecule has 0 aliphatic carbocycles. The first-order chi connectivity index (χ1) is 65.4. The van der Waals surface area contributed by atoms with Gasteiger partial charge in [-0.1, -0.05) is 431 Å². The SMILES string of the molecule is C=CCCCCCCCC(=O)N(C)C.CC/C=C/CCCCCCCC(=O)N(C)C.CCCC/C=C/CCCCCCCC(=O)N(C)C.CCCCCC/C=C/CCCCCCCC(=O)N(C)C.CCCCCCCCCC(=O)N(C)C.CCCCCCCCCCCC(=O)N(C)C.CCCCCCCCCCCCCC(=O)N(C)C.CCCCCCCCCCCCCCCC(=O)N(C)C. The number of amides is 8. The molecular formula is C120H240N8O8. The van der Waals surface area contributed by atoms with Crippen LogP contribution < -0.4 is 0 Å². The molecule has 0 aliphatic heterocycles. The van der Waals surface area contributed by atoms with Crippen LogP contribution in [-0.2, 0) is 38.4 Å². The largest absolute Gasteiger partial charge is 0.349 e. The van der Waals surface area contributed by atoms with Gasteiger partial charge in [-0.25, -0.2) is 0 Å². The molecule has 8 amide bonds. The van der Waals surface area contributed by atoms with Gasteiger partial charge in [-0.15, -0.1) is 6.58 Å². The van der Waals surface area contributed by atoms with Gasteiger partial charge in [0.25, 0.3) is 0 Å². The van der Waals surface area contributed by atoms with Gasteiger partial charge in [0.05, 0.1) is 0 Å². The molecule has 0 aromatic heterocycles. The number of carbonyl (C=O) groups is 8. The molecule has 0 aromatic carbocycles. The number of hydrogen-bond acceptors (Lipinski definition) is 8. The standard InChI is InChI=1S/C18H37NO.C18H35NO.C16H33NO.C16H31NO.C14H29NO.C14H27NO.C12H25NO.C12H23NO/c2*1-4-5-6-7-8-9-10-11-12-13-14-15-16-17-18(20)19(2)3;2*1-4-5-6-7-8-9-10-11-12-13-14-15-16(18)17(2)3;2*1-4-5-6-7-8-9-10-11-12-13-14(16)15(2)3;2*1-4-5-6-7-8-9-10-11-12(14)13(2)3/h4-17H2,1-3H3;9-10H,4-8,11-17H2,1-3H3;4-15H2,1-3H3;7-8H,4-6,9-15H2,1-3H3;4-13H2,1-3H3;5-6H,4,7-13H2,1-3H3;4-11H2,1-3H3;4H,1,5-11H2,2-3H3/b;10-9+;;8-7+;;6-5+;;. The van der Waals surface area contributed by atoms with E-state index in [1.54, 1.807) is 39.2 Å². The van der Waals surface area contributed by atoms with E-state index in [0.29, 0.717) is 25.7 Å². The third-order valence-corrected chi connectivity index (χ3v) is 24.7. The first kappa shape index (κ1) is 146. The van der Waals surface area contributed by atoms with E-state index >= 15 is 0 Å². The number of allylic oxidation sites excluding steroid dienone is 7. The van der Waals surface area contributed by atoms with Crippen LogP contribution >= 0.6 is 0 Å². The zero-order valence-electron chi connectivity index (χ0n) is 95.9. The quantitative estimate of drug-likeness (QED) is 0.0429. The Labute approximate surface area is 850 Å². The highest BCUT2D eigenvalue weighted by Gasteiger charge is 2.10. The summed E-state index contributed by atoms with van der Waals surface area (Å²) in [6, 6.07) is 0. The highest BCUT2D eigenvalue weighted by atomic mass is 16.2. The number of rotatable bonds is 85. The van der Waals surface area contributed by atoms with Crippen LogP contribution in [0.2, 0.25) is 0 Å². The molecule has 0 bridgehead atoms. The molecule has 0 saturated heterocycles. The molecule has 0 aliphatic rings. The fourth-order valence-corrected chi connectivity index (χ4v) is 14.9. The van der Waals surface area contributed by atoms with Gasteiger partial charge in [-0.05, 0) is 128 Å². The molecule has 0 aromatic rings. The molecule has 0 atom stereocenters. The van der Waals surface area contributed by atoms with Crippen molar-refractivity contribution in [3.8, 4) is 0 Å². The minimum absolute atomic E-state index is 0.246. The van der Waals surface area contributed by atoms with E-state index in [1.165, 1.54) is 405 Å². The third-order valence-electron chi connectivity index (χ3n) is 24.7. The van der Waals surface area contributed by atoms with E-state index in [1.807, 2.05) is 119 Å². The fourth-order valence-electron chi connectivity index (χ4n) is 14.9. The second kappa shape index (κ2) is 126. The van der Waals surface area contributed by atoms with Crippen molar-refractivity contribution in [2.24, 2.45) is 0 Å². The van der Waals surface area contributed by atoms with Crippen LogP contribution in [0.3, 0.4) is 0 Å². The van der Waals surface area contributed by atoms with Gasteiger partial charge < -0.3 is 39.2 Å². The van der Waals surface area contributed by atoms with Gasteiger partial charge in [0, 0.05) is 164 Å². The Morgan fingerprint density at radius 2 is 0.257 bits per heavy atom. The Bertz CT molecular complexity index is 2560. The minimum atomic E-state index is 0.246. The van der Waals surface area contributed by atoms with E-state index < -0.39 is 0 Å². The van der Waals surface area contributed by atoms with Gasteiger partial charge in [0.1, 0.15) is 0 Å². The summed E-state index contributed by atoms with van der Waals surface area (Å²) in [4.78, 5) is 104. The van der Waals surface area contributed by atoms with Crippen molar-refractivity contribution in [1.29, 1.82) is 0 Å². The second-order valence-corrected chi connectivity index (χ2v) is 40.4. The van der Waals surface area contributed by atoms with Crippen LogP contribution in [0.5, 0.6) is 0 Å². The molecule has 16 nitrogen and oxygen atoms in total. The smallest absolute Gasteiger partial charge is 0.222 e. The maximum Gasteiger partial charge on any atom is 0.222 e. The van der Waals surface area contributed by atoms with Crippen molar-refractivity contribution in [2.75, 3.05) is 113 Å². The second-order valence-electron chi connectivity index (χ2n) is 40.4. The predicted molar refractivity (Wildman–Crippen MR) is 601 cm³/mol. The van der Waals surface area contributed by atoms with Crippen LogP contribution in [0, 0.1) is 0 Å². The maximum atomic E-state index is 11.4. The zero-order valence-corrected chi connectivity index (χ0v) is 95.9. The number of carbonyl (C=O) groups excluding carboxylic acids is 8. The van der Waals surface area contributed by atoms with Crippen LogP contribution in [0.1, 0.15) is 569 Å². The van der Waals surface area contributed by atoms with E-state index in [0.717, 1.165) is 89.9 Å². The summed E-state index contributed by atoms with van der Waals surface area (Å²) in [5.41, 5.74) is 0. The lowest BCUT2D eigenvalue weighted by atomic mass is 10.0. The monoisotopic (exact) mass is 1920 g/mol. The first-order valence-corrected chi connectivity index (χ1v) is 57.6. The topological polar surface area (TPSA) is 162 Å². The minimum Gasteiger partial charge on any atom is -0.349 e. The Morgan fingerprint density at radius 3 is 0.390 bits per heavy atom. The van der Waals surface area contributed by atoms with Gasteiger partial charge in [-0.2, -0.15) is 0 Å².